The fraction of sp³-hybridized carbons (Fsp3) is 0.0556. The number of fused-ring (bicyclic) bond motifs is 4. The molecule has 0 saturated carbocycles. The molecular weight excluding hydrogens is 567 g/mol. The first-order chi connectivity index (χ1) is 18.4. The van der Waals surface area contributed by atoms with Crippen LogP contribution in [0.5, 0.6) is 0 Å². The second-order valence-corrected chi connectivity index (χ2v) is 8.26. The zero-order valence-corrected chi connectivity index (χ0v) is 25.2. The molecule has 1 N–H and O–H groups in total. The molecule has 1 aliphatic rings. The van der Waals surface area contributed by atoms with E-state index < -0.39 is 0 Å². The van der Waals surface area contributed by atoms with E-state index >= 15 is 0 Å². The van der Waals surface area contributed by atoms with E-state index in [0.29, 0.717) is 0 Å². The maximum Gasteiger partial charge on any atom is 2.00 e. The van der Waals surface area contributed by atoms with Gasteiger partial charge in [-0.1, -0.05) is 60.7 Å². The van der Waals surface area contributed by atoms with Crippen LogP contribution < -0.4 is 24.8 Å². The molecule has 0 atom stereocenters. The van der Waals surface area contributed by atoms with Crippen LogP contribution in [0.25, 0.3) is 21.9 Å². The summed E-state index contributed by atoms with van der Waals surface area (Å²) in [7, 11) is 1.00. The molecule has 0 saturated heterocycles. The summed E-state index contributed by atoms with van der Waals surface area (Å²) < 4.78 is 0. The predicted molar refractivity (Wildman–Crippen MR) is 154 cm³/mol. The Labute approximate surface area is 265 Å². The minimum atomic E-state index is 0. The fourth-order valence-electron chi connectivity index (χ4n) is 4.48. The molecule has 6 aromatic rings. The first kappa shape index (κ1) is 34.9. The average molecular weight is 596 g/mol. The summed E-state index contributed by atoms with van der Waals surface area (Å²) in [5.41, 5.74) is 6.74. The van der Waals surface area contributed by atoms with Gasteiger partial charge >= 0.3 is 21.7 Å². The second kappa shape index (κ2) is 19.0. The van der Waals surface area contributed by atoms with E-state index in [1.54, 1.807) is 0 Å². The minimum absolute atomic E-state index is 0. The molecule has 6 aromatic carbocycles. The molecule has 4 heteroatoms. The number of benzene rings is 6. The molecule has 0 fully saturated rings. The number of aliphatic hydroxyl groups excluding tert-OH is 1. The molecule has 0 unspecified atom stereocenters. The monoisotopic (exact) mass is 595 g/mol. The summed E-state index contributed by atoms with van der Waals surface area (Å²) >= 11 is 0. The first-order valence-electron chi connectivity index (χ1n) is 12.3. The molecule has 200 valence electrons. The predicted octanol–water partition coefficient (Wildman–Crippen LogP) is 2.39. The van der Waals surface area contributed by atoms with Crippen molar-refractivity contribution in [3.63, 3.8) is 0 Å². The van der Waals surface area contributed by atoms with E-state index in [2.05, 4.69) is 103 Å². The Balaban J connectivity index is 0.000000393. The molecule has 0 amide bonds. The van der Waals surface area contributed by atoms with Gasteiger partial charge in [-0.2, -0.15) is 72.8 Å². The zero-order chi connectivity index (χ0) is 25.7. The van der Waals surface area contributed by atoms with Crippen LogP contribution in [0.1, 0.15) is 22.6 Å². The summed E-state index contributed by atoms with van der Waals surface area (Å²) in [6, 6.07) is 59.0. The number of rotatable bonds is 1. The maximum absolute atomic E-state index is 7.00. The SMILES string of the molecule is CO.[Cl-].[Cl-].[Ti+2].[c-]1c(C2c3ccccc3-c3ccccc32)ccc2ccccc12.[c-]1ccccc1.[c-]1ccccc1. The first-order valence-corrected chi connectivity index (χ1v) is 12.3. The van der Waals surface area contributed by atoms with Gasteiger partial charge in [-0.25, -0.2) is 0 Å². The Morgan fingerprint density at radius 1 is 0.500 bits per heavy atom. The largest absolute Gasteiger partial charge is 2.00 e. The smallest absolute Gasteiger partial charge is 1.00 e. The van der Waals surface area contributed by atoms with Crippen molar-refractivity contribution in [3.8, 4) is 11.1 Å². The van der Waals surface area contributed by atoms with Crippen molar-refractivity contribution in [2.45, 2.75) is 5.92 Å². The van der Waals surface area contributed by atoms with Gasteiger partial charge in [-0.05, 0) is 22.3 Å². The Kier molecular flexibility index (Phi) is 16.6. The Hall–Kier alpha value is -3.17. The molecule has 0 aliphatic heterocycles. The number of hydrogen-bond acceptors (Lipinski definition) is 1. The summed E-state index contributed by atoms with van der Waals surface area (Å²) in [5, 5.41) is 9.43. The van der Waals surface area contributed by atoms with Crippen LogP contribution in [0, 0.1) is 18.2 Å². The number of hydrogen-bond donors (Lipinski definition) is 1. The molecule has 0 aromatic heterocycles. The van der Waals surface area contributed by atoms with Gasteiger partial charge in [0.25, 0.3) is 0 Å². The molecule has 0 spiro atoms. The van der Waals surface area contributed by atoms with Gasteiger partial charge in [0.1, 0.15) is 0 Å². The molecule has 0 radical (unpaired) electrons. The van der Waals surface area contributed by atoms with Gasteiger partial charge in [0, 0.05) is 13.0 Å². The van der Waals surface area contributed by atoms with Crippen LogP contribution in [0.3, 0.4) is 0 Å². The van der Waals surface area contributed by atoms with Gasteiger partial charge < -0.3 is 29.9 Å². The van der Waals surface area contributed by atoms with Crippen LogP contribution in [-0.4, -0.2) is 12.2 Å². The summed E-state index contributed by atoms with van der Waals surface area (Å²) in [5.74, 6) is 0.284. The Bertz CT molecular complexity index is 1380. The fourth-order valence-corrected chi connectivity index (χ4v) is 4.48. The van der Waals surface area contributed by atoms with E-state index in [9.17, 15) is 0 Å². The van der Waals surface area contributed by atoms with Crippen LogP contribution in [0.15, 0.2) is 146 Å². The third kappa shape index (κ3) is 8.93. The van der Waals surface area contributed by atoms with Crippen molar-refractivity contribution in [1.29, 1.82) is 0 Å². The van der Waals surface area contributed by atoms with Crippen molar-refractivity contribution >= 4 is 10.8 Å². The standard InChI is InChI=1S/C23H15.2C6H5.CH4O.2ClH.Ti/c1-2-8-17-15-18(14-13-16(17)7-1)23-21-11-5-3-9-19(21)20-10-4-6-12-22(20)23;2*1-2-4-6-5-3-1;1-2;;;/h1-14,23H;2*1-5H;2H,1H3;2*1H;/q3*-1;;;;+2/p-2. The molecular formula is C36H29Cl2OTi-3. The summed E-state index contributed by atoms with van der Waals surface area (Å²) in [4.78, 5) is 0. The molecule has 0 bridgehead atoms. The van der Waals surface area contributed by atoms with E-state index in [1.807, 2.05) is 60.7 Å². The van der Waals surface area contributed by atoms with E-state index in [1.165, 1.54) is 38.6 Å². The van der Waals surface area contributed by atoms with Crippen LogP contribution >= 0.6 is 0 Å². The van der Waals surface area contributed by atoms with E-state index in [0.717, 1.165) is 7.11 Å². The van der Waals surface area contributed by atoms with Crippen molar-refractivity contribution in [2.75, 3.05) is 7.11 Å². The van der Waals surface area contributed by atoms with Crippen LogP contribution in [-0.2, 0) is 21.7 Å². The summed E-state index contributed by atoms with van der Waals surface area (Å²) in [6.07, 6.45) is 0. The van der Waals surface area contributed by atoms with Crippen molar-refractivity contribution in [2.24, 2.45) is 0 Å². The Morgan fingerprint density at radius 2 is 0.950 bits per heavy atom. The minimum Gasteiger partial charge on any atom is -1.00 e. The van der Waals surface area contributed by atoms with Crippen molar-refractivity contribution in [1.82, 2.24) is 0 Å². The van der Waals surface area contributed by atoms with Crippen LogP contribution in [0.2, 0.25) is 0 Å². The van der Waals surface area contributed by atoms with E-state index in [-0.39, 0.29) is 52.4 Å². The second-order valence-electron chi connectivity index (χ2n) is 8.26. The van der Waals surface area contributed by atoms with Crippen LogP contribution in [0.4, 0.5) is 0 Å². The third-order valence-electron chi connectivity index (χ3n) is 6.04. The topological polar surface area (TPSA) is 20.2 Å². The van der Waals surface area contributed by atoms with Gasteiger partial charge in [0.2, 0.25) is 0 Å². The molecule has 1 nitrogen and oxygen atoms in total. The van der Waals surface area contributed by atoms with Gasteiger partial charge in [-0.15, -0.1) is 46.7 Å². The quantitative estimate of drug-likeness (QED) is 0.228. The average Bonchev–Trinajstić information content (AvgIpc) is 3.35. The number of halogens is 2. The zero-order valence-electron chi connectivity index (χ0n) is 22.1. The molecule has 40 heavy (non-hydrogen) atoms. The van der Waals surface area contributed by atoms with Crippen molar-refractivity contribution in [3.05, 3.63) is 180 Å². The normalized spacial score (nSPS) is 10.1. The van der Waals surface area contributed by atoms with E-state index in [4.69, 9.17) is 5.11 Å². The van der Waals surface area contributed by atoms with Gasteiger partial charge in [0.05, 0.1) is 0 Å². The molecule has 7 rings (SSSR count). The maximum atomic E-state index is 7.00. The summed E-state index contributed by atoms with van der Waals surface area (Å²) in [6.45, 7) is 0. The number of aliphatic hydroxyl groups is 1. The third-order valence-corrected chi connectivity index (χ3v) is 6.04. The van der Waals surface area contributed by atoms with Gasteiger partial charge in [-0.3, -0.25) is 0 Å². The van der Waals surface area contributed by atoms with Gasteiger partial charge in [0.15, 0.2) is 0 Å². The molecule has 1 aliphatic carbocycles. The van der Waals surface area contributed by atoms with Crippen molar-refractivity contribution < 1.29 is 51.6 Å². The Morgan fingerprint density at radius 3 is 1.40 bits per heavy atom. The molecule has 0 heterocycles.